The van der Waals surface area contributed by atoms with Gasteiger partial charge in [-0.1, -0.05) is 6.07 Å². The average molecular weight is 304 g/mol. The smallest absolute Gasteiger partial charge is 0.389 e. The monoisotopic (exact) mass is 304 g/mol. The number of hydrogen-bond donors (Lipinski definition) is 2. The van der Waals surface area contributed by atoms with Crippen LogP contribution in [0.15, 0.2) is 18.2 Å². The largest absolute Gasteiger partial charge is 0.416 e. The van der Waals surface area contributed by atoms with Gasteiger partial charge in [-0.25, -0.2) is 4.79 Å². The quantitative estimate of drug-likeness (QED) is 0.900. The number of aryl methyl sites for hydroxylation is 1. The van der Waals surface area contributed by atoms with Gasteiger partial charge in [0, 0.05) is 12.7 Å². The van der Waals surface area contributed by atoms with E-state index in [-0.39, 0.29) is 17.8 Å². The van der Waals surface area contributed by atoms with Gasteiger partial charge in [0.15, 0.2) is 0 Å². The summed E-state index contributed by atoms with van der Waals surface area (Å²) in [6.07, 6.45) is -4.47. The highest BCUT2D eigenvalue weighted by Crippen LogP contribution is 2.33. The maximum absolute atomic E-state index is 12.8. The van der Waals surface area contributed by atoms with Crippen molar-refractivity contribution >= 4 is 11.7 Å². The number of amides is 2. The fourth-order valence-electron chi connectivity index (χ4n) is 1.88. The van der Waals surface area contributed by atoms with Gasteiger partial charge < -0.3 is 15.3 Å². The molecule has 1 rings (SSSR count). The first kappa shape index (κ1) is 17.3. The van der Waals surface area contributed by atoms with Gasteiger partial charge in [-0.05, 0) is 38.5 Å². The number of likely N-dealkylation sites (N-methyl/N-ethyl adjacent to an activating group) is 1. The summed E-state index contributed by atoms with van der Waals surface area (Å²) in [7, 11) is 1.45. The fourth-order valence-corrected chi connectivity index (χ4v) is 1.88. The number of urea groups is 1. The van der Waals surface area contributed by atoms with Crippen molar-refractivity contribution in [2.24, 2.45) is 0 Å². The molecule has 0 fully saturated rings. The number of rotatable bonds is 3. The Balaban J connectivity index is 2.87. The maximum atomic E-state index is 12.8. The molecule has 0 heterocycles. The number of aliphatic hydroxyl groups is 1. The Bertz CT molecular complexity index is 522. The molecule has 0 saturated carbocycles. The summed E-state index contributed by atoms with van der Waals surface area (Å²) in [6, 6.07) is 3.01. The minimum Gasteiger partial charge on any atom is -0.389 e. The zero-order valence-corrected chi connectivity index (χ0v) is 12.4. The number of carbonyl (C=O) groups is 1. The minimum absolute atomic E-state index is 0.0524. The van der Waals surface area contributed by atoms with E-state index in [1.807, 2.05) is 0 Å². The molecule has 1 aromatic rings. The number of nitrogens with zero attached hydrogens (tertiary/aromatic N) is 1. The standard InChI is InChI=1S/C14H19F3N2O2/c1-9-5-6-10(7-11(9)14(15,16)17)18-12(20)19(4)8-13(2,3)21/h5-7,21H,8H2,1-4H3,(H,18,20). The Kier molecular flexibility index (Phi) is 4.88. The number of nitrogens with one attached hydrogen (secondary N) is 1. The van der Waals surface area contributed by atoms with Crippen LogP contribution in [0.4, 0.5) is 23.7 Å². The fraction of sp³-hybridized carbons (Fsp3) is 0.500. The normalized spacial score (nSPS) is 12.2. The van der Waals surface area contributed by atoms with Gasteiger partial charge in [0.05, 0.1) is 17.7 Å². The van der Waals surface area contributed by atoms with E-state index >= 15 is 0 Å². The number of halogens is 3. The second-order valence-corrected chi connectivity index (χ2v) is 5.63. The lowest BCUT2D eigenvalue weighted by molar-refractivity contribution is -0.138. The highest BCUT2D eigenvalue weighted by Gasteiger charge is 2.32. The summed E-state index contributed by atoms with van der Waals surface area (Å²) in [5.41, 5.74) is -1.73. The summed E-state index contributed by atoms with van der Waals surface area (Å²) < 4.78 is 38.4. The number of anilines is 1. The summed E-state index contributed by atoms with van der Waals surface area (Å²) in [4.78, 5) is 13.1. The third-order valence-electron chi connectivity index (χ3n) is 2.77. The molecule has 0 aliphatic heterocycles. The molecule has 0 atom stereocenters. The van der Waals surface area contributed by atoms with Crippen molar-refractivity contribution in [2.45, 2.75) is 32.5 Å². The third kappa shape index (κ3) is 5.26. The van der Waals surface area contributed by atoms with Crippen molar-refractivity contribution in [3.63, 3.8) is 0 Å². The summed E-state index contributed by atoms with van der Waals surface area (Å²) in [5.74, 6) is 0. The summed E-state index contributed by atoms with van der Waals surface area (Å²) in [5, 5.41) is 12.0. The molecule has 4 nitrogen and oxygen atoms in total. The molecule has 0 radical (unpaired) electrons. The zero-order valence-electron chi connectivity index (χ0n) is 12.4. The first-order valence-electron chi connectivity index (χ1n) is 6.32. The zero-order chi connectivity index (χ0) is 16.4. The Morgan fingerprint density at radius 2 is 1.90 bits per heavy atom. The number of hydrogen-bond acceptors (Lipinski definition) is 2. The van der Waals surface area contributed by atoms with Crippen LogP contribution in [0.3, 0.4) is 0 Å². The van der Waals surface area contributed by atoms with Gasteiger partial charge in [0.25, 0.3) is 0 Å². The Hall–Kier alpha value is -1.76. The molecule has 0 aliphatic rings. The van der Waals surface area contributed by atoms with Crippen molar-refractivity contribution in [1.82, 2.24) is 4.90 Å². The van der Waals surface area contributed by atoms with E-state index in [2.05, 4.69) is 5.32 Å². The summed E-state index contributed by atoms with van der Waals surface area (Å²) >= 11 is 0. The molecule has 118 valence electrons. The molecule has 21 heavy (non-hydrogen) atoms. The van der Waals surface area contributed by atoms with Crippen LogP contribution in [0.25, 0.3) is 0 Å². The van der Waals surface area contributed by atoms with Gasteiger partial charge >= 0.3 is 12.2 Å². The second kappa shape index (κ2) is 5.93. The predicted octanol–water partition coefficient (Wildman–Crippen LogP) is 3.25. The van der Waals surface area contributed by atoms with E-state index in [9.17, 15) is 23.1 Å². The topological polar surface area (TPSA) is 52.6 Å². The van der Waals surface area contributed by atoms with Crippen LogP contribution in [-0.2, 0) is 6.18 Å². The van der Waals surface area contributed by atoms with Crippen LogP contribution in [0.5, 0.6) is 0 Å². The maximum Gasteiger partial charge on any atom is 0.416 e. The van der Waals surface area contributed by atoms with E-state index in [4.69, 9.17) is 0 Å². The van der Waals surface area contributed by atoms with Crippen LogP contribution < -0.4 is 5.32 Å². The molecule has 0 saturated heterocycles. The second-order valence-electron chi connectivity index (χ2n) is 5.63. The highest BCUT2D eigenvalue weighted by molar-refractivity contribution is 5.89. The Labute approximate surface area is 121 Å². The molecular weight excluding hydrogens is 285 g/mol. The molecule has 2 N–H and O–H groups in total. The molecule has 1 aromatic carbocycles. The van der Waals surface area contributed by atoms with Gasteiger partial charge in [0.1, 0.15) is 0 Å². The number of alkyl halides is 3. The third-order valence-corrected chi connectivity index (χ3v) is 2.77. The average Bonchev–Trinajstić information content (AvgIpc) is 2.27. The summed E-state index contributed by atoms with van der Waals surface area (Å²) in [6.45, 7) is 4.47. The molecular formula is C14H19F3N2O2. The van der Waals surface area contributed by atoms with Gasteiger partial charge in [-0.3, -0.25) is 0 Å². The lowest BCUT2D eigenvalue weighted by Crippen LogP contribution is -2.41. The lowest BCUT2D eigenvalue weighted by atomic mass is 10.1. The van der Waals surface area contributed by atoms with Crippen LogP contribution in [0, 0.1) is 6.92 Å². The predicted molar refractivity (Wildman–Crippen MR) is 74.1 cm³/mol. The van der Waals surface area contributed by atoms with Crippen molar-refractivity contribution in [3.05, 3.63) is 29.3 Å². The molecule has 7 heteroatoms. The van der Waals surface area contributed by atoms with E-state index in [1.54, 1.807) is 0 Å². The molecule has 0 aromatic heterocycles. The first-order valence-corrected chi connectivity index (χ1v) is 6.32. The van der Waals surface area contributed by atoms with Crippen LogP contribution in [0.1, 0.15) is 25.0 Å². The van der Waals surface area contributed by atoms with Crippen molar-refractivity contribution in [3.8, 4) is 0 Å². The number of carbonyl (C=O) groups excluding carboxylic acids is 1. The first-order chi connectivity index (χ1) is 9.40. The Morgan fingerprint density at radius 3 is 2.38 bits per heavy atom. The van der Waals surface area contributed by atoms with Crippen molar-refractivity contribution in [1.29, 1.82) is 0 Å². The highest BCUT2D eigenvalue weighted by atomic mass is 19.4. The molecule has 0 bridgehead atoms. The molecule has 0 unspecified atom stereocenters. The molecule has 2 amide bonds. The van der Waals surface area contributed by atoms with Crippen LogP contribution >= 0.6 is 0 Å². The van der Waals surface area contributed by atoms with Gasteiger partial charge in [-0.2, -0.15) is 13.2 Å². The Morgan fingerprint density at radius 1 is 1.33 bits per heavy atom. The van der Waals surface area contributed by atoms with Crippen molar-refractivity contribution < 1.29 is 23.1 Å². The van der Waals surface area contributed by atoms with E-state index in [0.717, 1.165) is 6.07 Å². The SMILES string of the molecule is Cc1ccc(NC(=O)N(C)CC(C)(C)O)cc1C(F)(F)F. The van der Waals surface area contributed by atoms with Crippen LogP contribution in [-0.4, -0.2) is 35.2 Å². The molecule has 0 aliphatic carbocycles. The van der Waals surface area contributed by atoms with Crippen molar-refractivity contribution in [2.75, 3.05) is 18.9 Å². The van der Waals surface area contributed by atoms with Gasteiger partial charge in [-0.15, -0.1) is 0 Å². The minimum atomic E-state index is -4.47. The lowest BCUT2D eigenvalue weighted by Gasteiger charge is -2.25. The molecule has 0 spiro atoms. The van der Waals surface area contributed by atoms with E-state index in [0.29, 0.717) is 0 Å². The van der Waals surface area contributed by atoms with E-state index in [1.165, 1.54) is 44.9 Å². The van der Waals surface area contributed by atoms with Gasteiger partial charge in [0.2, 0.25) is 0 Å². The van der Waals surface area contributed by atoms with Crippen LogP contribution in [0.2, 0.25) is 0 Å². The number of benzene rings is 1. The van der Waals surface area contributed by atoms with E-state index < -0.39 is 23.4 Å².